The van der Waals surface area contributed by atoms with Crippen molar-refractivity contribution < 1.29 is 18.7 Å². The van der Waals surface area contributed by atoms with E-state index in [1.165, 1.54) is 23.2 Å². The van der Waals surface area contributed by atoms with Gasteiger partial charge in [0.25, 0.3) is 11.8 Å². The Morgan fingerprint density at radius 1 is 1.10 bits per heavy atom. The van der Waals surface area contributed by atoms with E-state index in [-0.39, 0.29) is 28.6 Å². The fourth-order valence-corrected chi connectivity index (χ4v) is 2.97. The van der Waals surface area contributed by atoms with Crippen molar-refractivity contribution in [2.45, 2.75) is 0 Å². The molecule has 4 rings (SSSR count). The van der Waals surface area contributed by atoms with Crippen LogP contribution in [0.1, 0.15) is 20.7 Å². The number of nitrogens with one attached hydrogen (secondary N) is 2. The zero-order valence-corrected chi connectivity index (χ0v) is 16.1. The van der Waals surface area contributed by atoms with Crippen molar-refractivity contribution in [3.8, 4) is 11.5 Å². The molecule has 0 saturated heterocycles. The molecule has 4 N–H and O–H groups in total. The van der Waals surface area contributed by atoms with Crippen molar-refractivity contribution in [2.24, 2.45) is 5.73 Å². The molecule has 3 aromatic rings. The Hall–Kier alpha value is -4.21. The molecule has 152 valence electrons. The van der Waals surface area contributed by atoms with Crippen molar-refractivity contribution in [3.05, 3.63) is 59.7 Å². The summed E-state index contributed by atoms with van der Waals surface area (Å²) in [7, 11) is 3.21. The van der Waals surface area contributed by atoms with Crippen LogP contribution in [0.5, 0.6) is 11.5 Å². The number of hydrogen-bond donors (Lipinski definition) is 3. The highest BCUT2D eigenvalue weighted by Gasteiger charge is 2.29. The molecule has 1 aliphatic rings. The highest BCUT2D eigenvalue weighted by atomic mass is 19.1. The third-order valence-corrected chi connectivity index (χ3v) is 4.40. The van der Waals surface area contributed by atoms with Crippen LogP contribution in [0.15, 0.2) is 42.7 Å². The Kier molecular flexibility index (Phi) is 4.66. The molecule has 0 bridgehead atoms. The fourth-order valence-electron chi connectivity index (χ4n) is 2.97. The van der Waals surface area contributed by atoms with Gasteiger partial charge in [0.1, 0.15) is 17.3 Å². The molecule has 3 heterocycles. The normalized spacial score (nSPS) is 11.4. The molecule has 2 amide bonds. The average Bonchev–Trinajstić information content (AvgIpc) is 2.73. The maximum Gasteiger partial charge on any atom is 0.257 e. The average molecular weight is 408 g/mol. The van der Waals surface area contributed by atoms with Crippen molar-refractivity contribution >= 4 is 34.8 Å². The minimum atomic E-state index is -0.644. The number of anilines is 4. The second kappa shape index (κ2) is 7.32. The number of nitrogens with zero attached hydrogens (tertiary/aromatic N) is 3. The number of primary amides is 1. The fraction of sp³-hybridized carbons (Fsp3) is 0.100. The summed E-state index contributed by atoms with van der Waals surface area (Å²) < 4.78 is 19.2. The van der Waals surface area contributed by atoms with Gasteiger partial charge < -0.3 is 26.0 Å². The summed E-state index contributed by atoms with van der Waals surface area (Å²) in [6.45, 7) is 0. The molecule has 9 nitrogen and oxygen atoms in total. The second-order valence-electron chi connectivity index (χ2n) is 6.68. The van der Waals surface area contributed by atoms with E-state index in [4.69, 9.17) is 10.5 Å². The van der Waals surface area contributed by atoms with Gasteiger partial charge >= 0.3 is 0 Å². The van der Waals surface area contributed by atoms with Crippen molar-refractivity contribution in [2.75, 3.05) is 24.7 Å². The molecule has 0 fully saturated rings. The maximum absolute atomic E-state index is 13.2. The SMILES string of the molecule is CN(C)C(=O)c1cnc(Nc2ccc(F)cn2)c2c1Nc1c(cccc1C(N)=O)O2. The van der Waals surface area contributed by atoms with Gasteiger partial charge in [-0.3, -0.25) is 9.59 Å². The number of ether oxygens (including phenoxy) is 1. The lowest BCUT2D eigenvalue weighted by atomic mass is 10.1. The Balaban J connectivity index is 1.84. The highest BCUT2D eigenvalue weighted by molar-refractivity contribution is 6.06. The van der Waals surface area contributed by atoms with Crippen LogP contribution in [0, 0.1) is 5.82 Å². The zero-order valence-electron chi connectivity index (χ0n) is 16.1. The first-order chi connectivity index (χ1) is 14.3. The van der Waals surface area contributed by atoms with E-state index in [0.717, 1.165) is 6.20 Å². The Labute approximate surface area is 170 Å². The van der Waals surface area contributed by atoms with Gasteiger partial charge in [0.15, 0.2) is 17.3 Å². The van der Waals surface area contributed by atoms with Gasteiger partial charge in [-0.1, -0.05) is 6.07 Å². The summed E-state index contributed by atoms with van der Waals surface area (Å²) in [6.07, 6.45) is 2.44. The number of rotatable bonds is 4. The number of fused-ring (bicyclic) bond motifs is 2. The summed E-state index contributed by atoms with van der Waals surface area (Å²) in [5.41, 5.74) is 6.59. The Bertz CT molecular complexity index is 1160. The number of carbonyl (C=O) groups excluding carboxylic acids is 2. The number of para-hydroxylation sites is 1. The molecule has 0 saturated carbocycles. The van der Waals surface area contributed by atoms with E-state index in [2.05, 4.69) is 20.6 Å². The topological polar surface area (TPSA) is 122 Å². The van der Waals surface area contributed by atoms with Gasteiger partial charge in [-0.05, 0) is 24.3 Å². The predicted molar refractivity (Wildman–Crippen MR) is 108 cm³/mol. The van der Waals surface area contributed by atoms with E-state index in [1.54, 1.807) is 32.3 Å². The van der Waals surface area contributed by atoms with Crippen molar-refractivity contribution in [3.63, 3.8) is 0 Å². The Morgan fingerprint density at radius 2 is 1.90 bits per heavy atom. The van der Waals surface area contributed by atoms with Crippen LogP contribution < -0.4 is 21.1 Å². The second-order valence-corrected chi connectivity index (χ2v) is 6.68. The molecule has 10 heteroatoms. The third kappa shape index (κ3) is 3.34. The minimum Gasteiger partial charge on any atom is -0.449 e. The molecular formula is C20H17FN6O3. The van der Waals surface area contributed by atoms with Crippen LogP contribution >= 0.6 is 0 Å². The molecule has 0 atom stereocenters. The van der Waals surface area contributed by atoms with Gasteiger partial charge in [-0.25, -0.2) is 14.4 Å². The minimum absolute atomic E-state index is 0.216. The first kappa shape index (κ1) is 19.1. The zero-order chi connectivity index (χ0) is 21.4. The maximum atomic E-state index is 13.2. The first-order valence-corrected chi connectivity index (χ1v) is 8.86. The lowest BCUT2D eigenvalue weighted by molar-refractivity contribution is 0.0827. The monoisotopic (exact) mass is 408 g/mol. The van der Waals surface area contributed by atoms with E-state index < -0.39 is 11.7 Å². The number of pyridine rings is 2. The summed E-state index contributed by atoms with van der Waals surface area (Å²) in [5, 5.41) is 6.05. The van der Waals surface area contributed by atoms with Crippen LogP contribution in [0.3, 0.4) is 0 Å². The summed E-state index contributed by atoms with van der Waals surface area (Å²) in [6, 6.07) is 7.52. The van der Waals surface area contributed by atoms with Gasteiger partial charge in [0.2, 0.25) is 0 Å². The number of hydrogen-bond acceptors (Lipinski definition) is 7. The van der Waals surface area contributed by atoms with Crippen LogP contribution in [-0.2, 0) is 0 Å². The third-order valence-electron chi connectivity index (χ3n) is 4.40. The van der Waals surface area contributed by atoms with Gasteiger partial charge in [0, 0.05) is 20.3 Å². The molecule has 0 aliphatic carbocycles. The van der Waals surface area contributed by atoms with E-state index in [1.807, 2.05) is 0 Å². The summed E-state index contributed by atoms with van der Waals surface area (Å²) in [5.74, 6) is -0.294. The number of amides is 2. The molecule has 0 radical (unpaired) electrons. The van der Waals surface area contributed by atoms with Gasteiger partial charge in [-0.2, -0.15) is 0 Å². The lowest BCUT2D eigenvalue weighted by Crippen LogP contribution is -2.24. The molecule has 1 aromatic carbocycles. The highest BCUT2D eigenvalue weighted by Crippen LogP contribution is 2.48. The number of carbonyl (C=O) groups is 2. The van der Waals surface area contributed by atoms with E-state index in [9.17, 15) is 14.0 Å². The molecule has 0 unspecified atom stereocenters. The largest absolute Gasteiger partial charge is 0.449 e. The smallest absolute Gasteiger partial charge is 0.257 e. The van der Waals surface area contributed by atoms with E-state index in [0.29, 0.717) is 22.9 Å². The first-order valence-electron chi connectivity index (χ1n) is 8.86. The van der Waals surface area contributed by atoms with Crippen LogP contribution in [-0.4, -0.2) is 40.8 Å². The van der Waals surface area contributed by atoms with Crippen LogP contribution in [0.2, 0.25) is 0 Å². The molecule has 30 heavy (non-hydrogen) atoms. The van der Waals surface area contributed by atoms with Gasteiger partial charge in [-0.15, -0.1) is 0 Å². The summed E-state index contributed by atoms with van der Waals surface area (Å²) in [4.78, 5) is 34.2. The predicted octanol–water partition coefficient (Wildman–Crippen LogP) is 3.01. The number of nitrogens with two attached hydrogens (primary N) is 1. The van der Waals surface area contributed by atoms with Gasteiger partial charge in [0.05, 0.1) is 23.0 Å². The summed E-state index contributed by atoms with van der Waals surface area (Å²) >= 11 is 0. The number of aromatic nitrogens is 2. The van der Waals surface area contributed by atoms with Crippen molar-refractivity contribution in [1.29, 1.82) is 0 Å². The number of halogens is 1. The standard InChI is InChI=1S/C20H17FN6O3/c1-27(2)20(29)12-9-24-19(25-14-7-6-10(21)8-23-14)17-16(12)26-15-11(18(22)28)4-3-5-13(15)30-17/h3-9,26H,1-2H3,(H2,22,28)(H,23,24,25). The molecule has 0 spiro atoms. The van der Waals surface area contributed by atoms with Crippen LogP contribution in [0.25, 0.3) is 0 Å². The molecule has 2 aromatic heterocycles. The van der Waals surface area contributed by atoms with E-state index >= 15 is 0 Å². The quantitative estimate of drug-likeness (QED) is 0.474. The lowest BCUT2D eigenvalue weighted by Gasteiger charge is -2.27. The van der Waals surface area contributed by atoms with Crippen LogP contribution in [0.4, 0.5) is 27.4 Å². The Morgan fingerprint density at radius 3 is 2.57 bits per heavy atom. The number of benzene rings is 1. The molecule has 1 aliphatic heterocycles. The van der Waals surface area contributed by atoms with Crippen molar-refractivity contribution in [1.82, 2.24) is 14.9 Å². The molecular weight excluding hydrogens is 391 g/mol.